The molecule has 0 amide bonds. The molecule has 2 aromatic heterocycles. The Bertz CT molecular complexity index is 2040. The largest absolute Gasteiger partial charge is 0.338 e. The molecule has 0 aliphatic rings. The van der Waals surface area contributed by atoms with E-state index in [-0.39, 0.29) is 17.2 Å². The summed E-state index contributed by atoms with van der Waals surface area (Å²) in [7, 11) is 0. The predicted octanol–water partition coefficient (Wildman–Crippen LogP) is 7.35. The summed E-state index contributed by atoms with van der Waals surface area (Å²) in [6.45, 7) is 17.6. The quantitative estimate of drug-likeness (QED) is 0.168. The van der Waals surface area contributed by atoms with E-state index < -0.39 is 0 Å². The van der Waals surface area contributed by atoms with Crippen LogP contribution in [0.25, 0.3) is 77.8 Å². The Hall–Kier alpha value is -4.18. The standard InChI is InChI=1S/C36H34N2O2/c1-7-21(8-2)37-19(5)23-11-13-25-27-15-17-29-34-30(36(40)38(35(29)39)22(9-3)10-4)18-16-28(33(27)34)26-14-12-24(20(37)6)31(23)32(25)26/h11-18,21-22H,5-10H2,1-4H3. The zero-order valence-electron chi connectivity index (χ0n) is 23.7. The summed E-state index contributed by atoms with van der Waals surface area (Å²) in [5, 5.41) is 14.1. The van der Waals surface area contributed by atoms with Crippen LogP contribution in [0.15, 0.2) is 58.1 Å². The molecular formula is C36H34N2O2. The fourth-order valence-corrected chi connectivity index (χ4v) is 7.58. The van der Waals surface area contributed by atoms with E-state index in [0.717, 1.165) is 79.5 Å². The van der Waals surface area contributed by atoms with Crippen molar-refractivity contribution in [1.29, 1.82) is 0 Å². The van der Waals surface area contributed by atoms with Crippen LogP contribution in [-0.4, -0.2) is 9.13 Å². The van der Waals surface area contributed by atoms with Gasteiger partial charge in [0.1, 0.15) is 0 Å². The van der Waals surface area contributed by atoms with E-state index in [1.807, 2.05) is 26.0 Å². The van der Waals surface area contributed by atoms with Crippen molar-refractivity contribution in [2.24, 2.45) is 0 Å². The third-order valence-electron chi connectivity index (χ3n) is 9.62. The van der Waals surface area contributed by atoms with E-state index in [1.54, 1.807) is 0 Å². The van der Waals surface area contributed by atoms with Crippen molar-refractivity contribution in [3.63, 3.8) is 0 Å². The van der Waals surface area contributed by atoms with Gasteiger partial charge in [0, 0.05) is 55.1 Å². The molecule has 2 heterocycles. The summed E-state index contributed by atoms with van der Waals surface area (Å²) >= 11 is 0. The molecule has 0 spiro atoms. The van der Waals surface area contributed by atoms with Gasteiger partial charge in [-0.2, -0.15) is 0 Å². The summed E-state index contributed by atoms with van der Waals surface area (Å²) in [6.07, 6.45) is 3.53. The van der Waals surface area contributed by atoms with E-state index in [2.05, 4.69) is 68.0 Å². The van der Waals surface area contributed by atoms with Crippen molar-refractivity contribution in [2.45, 2.75) is 65.5 Å². The summed E-state index contributed by atoms with van der Waals surface area (Å²) in [4.78, 5) is 27.5. The summed E-state index contributed by atoms with van der Waals surface area (Å²) < 4.78 is 3.81. The lowest BCUT2D eigenvalue weighted by molar-refractivity contribution is 0.451. The second-order valence-corrected chi connectivity index (χ2v) is 11.3. The van der Waals surface area contributed by atoms with Gasteiger partial charge in [-0.15, -0.1) is 0 Å². The molecule has 0 aliphatic heterocycles. The van der Waals surface area contributed by atoms with Crippen LogP contribution in [0.3, 0.4) is 0 Å². The second-order valence-electron chi connectivity index (χ2n) is 11.3. The molecule has 4 heteroatoms. The number of hydrogen-bond donors (Lipinski definition) is 0. The van der Waals surface area contributed by atoms with Crippen molar-refractivity contribution in [1.82, 2.24) is 9.13 Å². The van der Waals surface area contributed by atoms with E-state index in [1.165, 1.54) is 15.3 Å². The van der Waals surface area contributed by atoms with Crippen LogP contribution in [0.5, 0.6) is 0 Å². The van der Waals surface area contributed by atoms with Gasteiger partial charge < -0.3 is 4.57 Å². The van der Waals surface area contributed by atoms with Gasteiger partial charge >= 0.3 is 0 Å². The second kappa shape index (κ2) is 8.66. The third-order valence-corrected chi connectivity index (χ3v) is 9.62. The first-order chi connectivity index (χ1) is 19.4. The molecule has 40 heavy (non-hydrogen) atoms. The van der Waals surface area contributed by atoms with Gasteiger partial charge in [0.05, 0.1) is 0 Å². The van der Waals surface area contributed by atoms with E-state index in [0.29, 0.717) is 16.8 Å². The maximum atomic E-state index is 13.8. The maximum absolute atomic E-state index is 13.8. The van der Waals surface area contributed by atoms with Gasteiger partial charge in [-0.3, -0.25) is 14.2 Å². The Morgan fingerprint density at radius 3 is 1.12 bits per heavy atom. The minimum Gasteiger partial charge on any atom is -0.338 e. The van der Waals surface area contributed by atoms with Crippen molar-refractivity contribution >= 4 is 77.8 Å². The molecule has 0 saturated heterocycles. The Morgan fingerprint density at radius 1 is 0.475 bits per heavy atom. The Balaban J connectivity index is 1.71. The topological polar surface area (TPSA) is 44.0 Å². The van der Waals surface area contributed by atoms with E-state index in [9.17, 15) is 9.59 Å². The average molecular weight is 527 g/mol. The van der Waals surface area contributed by atoms with Crippen LogP contribution in [0, 0.1) is 0 Å². The van der Waals surface area contributed by atoms with Crippen LogP contribution >= 0.6 is 0 Å². The number of nitrogens with zero attached hydrogens (tertiary/aromatic N) is 2. The lowest BCUT2D eigenvalue weighted by Gasteiger charge is -2.24. The summed E-state index contributed by atoms with van der Waals surface area (Å²) in [6, 6.07) is 17.1. The highest BCUT2D eigenvalue weighted by Crippen LogP contribution is 2.43. The Morgan fingerprint density at radius 2 is 0.750 bits per heavy atom. The molecule has 0 aliphatic carbocycles. The van der Waals surface area contributed by atoms with Crippen LogP contribution in [0.1, 0.15) is 65.5 Å². The molecule has 0 unspecified atom stereocenters. The molecule has 0 saturated carbocycles. The molecule has 7 aromatic rings. The summed E-state index contributed by atoms with van der Waals surface area (Å²) in [5.74, 6) is 0. The normalized spacial score (nSPS) is 12.8. The van der Waals surface area contributed by atoms with Gasteiger partial charge in [0.25, 0.3) is 11.1 Å². The zero-order valence-corrected chi connectivity index (χ0v) is 23.7. The van der Waals surface area contributed by atoms with Crippen molar-refractivity contribution < 1.29 is 0 Å². The molecule has 0 N–H and O–H groups in total. The van der Waals surface area contributed by atoms with Crippen molar-refractivity contribution in [3.05, 3.63) is 79.9 Å². The molecular weight excluding hydrogens is 492 g/mol. The number of aromatic nitrogens is 2. The Kier molecular flexibility index (Phi) is 5.38. The van der Waals surface area contributed by atoms with Crippen LogP contribution in [0.4, 0.5) is 0 Å². The highest BCUT2D eigenvalue weighted by molar-refractivity contribution is 6.39. The SMILES string of the molecule is C=c1c2ccc3c4ccc5c(=O)n(C(CC)CC)c(=O)c6ccc(c7ccc(c(=C)n1C(CC)CC)c2c37)c4c56. The fraction of sp³-hybridized carbons (Fsp3) is 0.278. The first-order valence-corrected chi connectivity index (χ1v) is 14.6. The molecule has 0 atom stereocenters. The van der Waals surface area contributed by atoms with Crippen molar-refractivity contribution in [3.8, 4) is 0 Å². The lowest BCUT2D eigenvalue weighted by Crippen LogP contribution is -2.36. The fourth-order valence-electron chi connectivity index (χ4n) is 7.58. The van der Waals surface area contributed by atoms with Gasteiger partial charge in [0.2, 0.25) is 0 Å². The zero-order chi connectivity index (χ0) is 28.0. The van der Waals surface area contributed by atoms with Crippen LogP contribution in [-0.2, 0) is 0 Å². The molecule has 0 fully saturated rings. The highest BCUT2D eigenvalue weighted by atomic mass is 16.2. The predicted molar refractivity (Wildman–Crippen MR) is 172 cm³/mol. The maximum Gasteiger partial charge on any atom is 0.261 e. The molecule has 7 rings (SSSR count). The molecule has 200 valence electrons. The smallest absolute Gasteiger partial charge is 0.261 e. The van der Waals surface area contributed by atoms with Crippen molar-refractivity contribution in [2.75, 3.05) is 0 Å². The minimum atomic E-state index is -0.181. The molecule has 4 nitrogen and oxygen atoms in total. The molecule has 0 radical (unpaired) electrons. The van der Waals surface area contributed by atoms with Crippen LogP contribution < -0.4 is 21.8 Å². The minimum absolute atomic E-state index is 0.104. The number of hydrogen-bond acceptors (Lipinski definition) is 2. The number of benzene rings is 5. The first kappa shape index (κ1) is 24.8. The monoisotopic (exact) mass is 526 g/mol. The van der Waals surface area contributed by atoms with Gasteiger partial charge in [0.15, 0.2) is 0 Å². The van der Waals surface area contributed by atoms with Gasteiger partial charge in [-0.25, -0.2) is 0 Å². The highest BCUT2D eigenvalue weighted by Gasteiger charge is 2.23. The number of fused-ring (bicyclic) bond motifs is 2. The van der Waals surface area contributed by atoms with Gasteiger partial charge in [-0.1, -0.05) is 77.3 Å². The number of pyridine rings is 2. The molecule has 0 bridgehead atoms. The molecule has 5 aromatic carbocycles. The number of rotatable bonds is 6. The average Bonchev–Trinajstić information content (AvgIpc) is 2.98. The van der Waals surface area contributed by atoms with Crippen LogP contribution in [0.2, 0.25) is 0 Å². The Labute approximate surface area is 232 Å². The van der Waals surface area contributed by atoms with E-state index >= 15 is 0 Å². The lowest BCUT2D eigenvalue weighted by atomic mass is 9.86. The third kappa shape index (κ3) is 2.91. The summed E-state index contributed by atoms with van der Waals surface area (Å²) in [5.41, 5.74) is -0.361. The van der Waals surface area contributed by atoms with E-state index in [4.69, 9.17) is 0 Å². The van der Waals surface area contributed by atoms with Gasteiger partial charge in [-0.05, 0) is 70.1 Å². The first-order valence-electron chi connectivity index (χ1n) is 14.6.